The highest BCUT2D eigenvalue weighted by Gasteiger charge is 2.38. The number of benzene rings is 1. The van der Waals surface area contributed by atoms with Crippen LogP contribution in [0.25, 0.3) is 0 Å². The highest BCUT2D eigenvalue weighted by atomic mass is 16.5. The van der Waals surface area contributed by atoms with Gasteiger partial charge >= 0.3 is 0 Å². The Bertz CT molecular complexity index is 701. The van der Waals surface area contributed by atoms with Crippen LogP contribution in [0.4, 0.5) is 0 Å². The molecule has 5 nitrogen and oxygen atoms in total. The minimum absolute atomic E-state index is 0.613. The van der Waals surface area contributed by atoms with Gasteiger partial charge in [-0.25, -0.2) is 0 Å². The quantitative estimate of drug-likeness (QED) is 0.704. The first-order chi connectivity index (χ1) is 13.3. The molecular formula is C22H32N4O. The summed E-state index contributed by atoms with van der Waals surface area (Å²) in [7, 11) is 0. The van der Waals surface area contributed by atoms with Gasteiger partial charge in [0.1, 0.15) is 0 Å². The van der Waals surface area contributed by atoms with Gasteiger partial charge in [0.15, 0.2) is 5.82 Å². The molecule has 2 aliphatic rings. The van der Waals surface area contributed by atoms with Gasteiger partial charge < -0.3 is 4.52 Å². The summed E-state index contributed by atoms with van der Waals surface area (Å²) < 4.78 is 5.54. The topological polar surface area (TPSA) is 45.4 Å². The van der Waals surface area contributed by atoms with E-state index in [2.05, 4.69) is 57.2 Å². The summed E-state index contributed by atoms with van der Waals surface area (Å²) in [6.07, 6.45) is 8.39. The van der Waals surface area contributed by atoms with Crippen LogP contribution in [0.5, 0.6) is 0 Å². The van der Waals surface area contributed by atoms with E-state index in [1.807, 2.05) is 0 Å². The summed E-state index contributed by atoms with van der Waals surface area (Å²) in [4.78, 5) is 9.91. The van der Waals surface area contributed by atoms with Crippen molar-refractivity contribution in [3.05, 3.63) is 47.6 Å². The van der Waals surface area contributed by atoms with Crippen molar-refractivity contribution in [3.63, 3.8) is 0 Å². The van der Waals surface area contributed by atoms with Gasteiger partial charge in [0.25, 0.3) is 0 Å². The Hall–Kier alpha value is -1.72. The molecule has 4 rings (SSSR count). The van der Waals surface area contributed by atoms with Crippen molar-refractivity contribution in [2.45, 2.75) is 77.0 Å². The molecule has 3 heterocycles. The lowest BCUT2D eigenvalue weighted by Gasteiger charge is -2.34. The summed E-state index contributed by atoms with van der Waals surface area (Å²) in [6.45, 7) is 6.42. The summed E-state index contributed by atoms with van der Waals surface area (Å²) >= 11 is 0. The number of aryl methyl sites for hydroxylation is 1. The standard InChI is InChI=1S/C22H32N4O/c1-2-3-13-21-23-22(27-24-21)17-26-15-8-12-20(26)19-11-7-14-25(19)16-18-9-5-4-6-10-18/h4-6,9-10,19-20H,2-3,7-8,11-17H2,1H3/t19-,20-/m1/s1. The van der Waals surface area contributed by atoms with Crippen LogP contribution in [0.15, 0.2) is 34.9 Å². The molecule has 5 heteroatoms. The minimum atomic E-state index is 0.613. The molecule has 2 fully saturated rings. The summed E-state index contributed by atoms with van der Waals surface area (Å²) in [6, 6.07) is 12.2. The maximum atomic E-state index is 5.54. The average molecular weight is 369 g/mol. The second-order valence-electron chi connectivity index (χ2n) is 8.05. The number of likely N-dealkylation sites (tertiary alicyclic amines) is 2. The molecule has 2 aromatic rings. The van der Waals surface area contributed by atoms with E-state index >= 15 is 0 Å². The first kappa shape index (κ1) is 18.6. The van der Waals surface area contributed by atoms with E-state index in [0.29, 0.717) is 12.1 Å². The summed E-state index contributed by atoms with van der Waals surface area (Å²) in [5.74, 6) is 1.66. The normalized spacial score (nSPS) is 24.0. The molecule has 27 heavy (non-hydrogen) atoms. The van der Waals surface area contributed by atoms with Gasteiger partial charge in [-0.15, -0.1) is 0 Å². The van der Waals surface area contributed by atoms with E-state index in [1.54, 1.807) is 0 Å². The summed E-state index contributed by atoms with van der Waals surface area (Å²) in [5.41, 5.74) is 1.42. The van der Waals surface area contributed by atoms with Crippen LogP contribution in [0, 0.1) is 0 Å². The molecule has 2 saturated heterocycles. The number of aromatic nitrogens is 2. The number of nitrogens with zero attached hydrogens (tertiary/aromatic N) is 4. The van der Waals surface area contributed by atoms with Crippen LogP contribution >= 0.6 is 0 Å². The zero-order valence-electron chi connectivity index (χ0n) is 16.5. The highest BCUT2D eigenvalue weighted by Crippen LogP contribution is 2.31. The molecule has 0 aliphatic carbocycles. The maximum Gasteiger partial charge on any atom is 0.240 e. The van der Waals surface area contributed by atoms with Crippen molar-refractivity contribution in [1.29, 1.82) is 0 Å². The van der Waals surface area contributed by atoms with Crippen molar-refractivity contribution >= 4 is 0 Å². The van der Waals surface area contributed by atoms with Gasteiger partial charge in [-0.1, -0.05) is 48.8 Å². The molecule has 1 aromatic carbocycles. The van der Waals surface area contributed by atoms with Crippen LogP contribution in [0.3, 0.4) is 0 Å². The van der Waals surface area contributed by atoms with Gasteiger partial charge in [-0.3, -0.25) is 9.80 Å². The monoisotopic (exact) mass is 368 g/mol. The van der Waals surface area contributed by atoms with Crippen molar-refractivity contribution in [2.75, 3.05) is 13.1 Å². The average Bonchev–Trinajstić information content (AvgIpc) is 3.42. The van der Waals surface area contributed by atoms with Crippen LogP contribution < -0.4 is 0 Å². The largest absolute Gasteiger partial charge is 0.338 e. The van der Waals surface area contributed by atoms with Crippen LogP contribution in [0.1, 0.15) is 62.7 Å². The lowest BCUT2D eigenvalue weighted by molar-refractivity contribution is 0.115. The third kappa shape index (κ3) is 4.58. The number of hydrogen-bond acceptors (Lipinski definition) is 5. The fourth-order valence-corrected chi connectivity index (χ4v) is 4.75. The molecule has 1 aromatic heterocycles. The van der Waals surface area contributed by atoms with Crippen LogP contribution in [-0.2, 0) is 19.5 Å². The Morgan fingerprint density at radius 1 is 1.00 bits per heavy atom. The molecule has 0 N–H and O–H groups in total. The SMILES string of the molecule is CCCCc1noc(CN2CCC[C@@H]2[C@H]2CCCN2Cc2ccccc2)n1. The fourth-order valence-electron chi connectivity index (χ4n) is 4.75. The molecule has 0 amide bonds. The molecule has 0 bridgehead atoms. The van der Waals surface area contributed by atoms with E-state index in [1.165, 1.54) is 37.8 Å². The Morgan fingerprint density at radius 2 is 1.70 bits per heavy atom. The van der Waals surface area contributed by atoms with Gasteiger partial charge in [0, 0.05) is 25.0 Å². The third-order valence-corrected chi connectivity index (χ3v) is 6.10. The Kier molecular flexibility index (Phi) is 6.20. The second-order valence-corrected chi connectivity index (χ2v) is 8.05. The van der Waals surface area contributed by atoms with E-state index in [4.69, 9.17) is 4.52 Å². The summed E-state index contributed by atoms with van der Waals surface area (Å²) in [5, 5.41) is 4.17. The van der Waals surface area contributed by atoms with Crippen molar-refractivity contribution in [1.82, 2.24) is 19.9 Å². The van der Waals surface area contributed by atoms with E-state index in [-0.39, 0.29) is 0 Å². The predicted molar refractivity (Wildman–Crippen MR) is 106 cm³/mol. The predicted octanol–water partition coefficient (Wildman–Crippen LogP) is 4.04. The van der Waals surface area contributed by atoms with Crippen molar-refractivity contribution < 1.29 is 4.52 Å². The van der Waals surface area contributed by atoms with E-state index in [9.17, 15) is 0 Å². The molecule has 146 valence electrons. The second kappa shape index (κ2) is 8.98. The molecule has 2 atom stereocenters. The lowest BCUT2D eigenvalue weighted by Crippen LogP contribution is -2.45. The molecule has 0 spiro atoms. The van der Waals surface area contributed by atoms with Gasteiger partial charge in [0.2, 0.25) is 5.89 Å². The zero-order chi connectivity index (χ0) is 18.5. The van der Waals surface area contributed by atoms with E-state index < -0.39 is 0 Å². The number of unbranched alkanes of at least 4 members (excludes halogenated alkanes) is 1. The minimum Gasteiger partial charge on any atom is -0.338 e. The van der Waals surface area contributed by atoms with E-state index in [0.717, 1.165) is 50.6 Å². The Morgan fingerprint density at radius 3 is 2.41 bits per heavy atom. The first-order valence-corrected chi connectivity index (χ1v) is 10.7. The van der Waals surface area contributed by atoms with Gasteiger partial charge in [0.05, 0.1) is 6.54 Å². The molecular weight excluding hydrogens is 336 g/mol. The first-order valence-electron chi connectivity index (χ1n) is 10.7. The lowest BCUT2D eigenvalue weighted by atomic mass is 10.0. The smallest absolute Gasteiger partial charge is 0.240 e. The number of rotatable bonds is 8. The molecule has 2 aliphatic heterocycles. The van der Waals surface area contributed by atoms with Crippen molar-refractivity contribution in [2.24, 2.45) is 0 Å². The van der Waals surface area contributed by atoms with Crippen LogP contribution in [-0.4, -0.2) is 45.1 Å². The Labute approximate surface area is 162 Å². The third-order valence-electron chi connectivity index (χ3n) is 6.10. The fraction of sp³-hybridized carbons (Fsp3) is 0.636. The number of hydrogen-bond donors (Lipinski definition) is 0. The van der Waals surface area contributed by atoms with Crippen LogP contribution in [0.2, 0.25) is 0 Å². The van der Waals surface area contributed by atoms with Gasteiger partial charge in [-0.05, 0) is 50.8 Å². The molecule has 0 radical (unpaired) electrons. The maximum absolute atomic E-state index is 5.54. The van der Waals surface area contributed by atoms with Crippen molar-refractivity contribution in [3.8, 4) is 0 Å². The Balaban J connectivity index is 1.39. The van der Waals surface area contributed by atoms with Gasteiger partial charge in [-0.2, -0.15) is 4.98 Å². The zero-order valence-corrected chi connectivity index (χ0v) is 16.5. The molecule has 0 saturated carbocycles. The highest BCUT2D eigenvalue weighted by molar-refractivity contribution is 5.15. The molecule has 0 unspecified atom stereocenters.